The molecule has 0 spiro atoms. The standard InChI is InChI=1S/C28H32N4O/c1-17-10-28(31-26-14-20(33-3)8-9-21(17)26)30-25-13-18-11-23(25)24(12-18)29-15-19-16-32(2)27-7-5-4-6-22(19)27/h4-10,14,16,18,23-25,29H,11-13,15H2,1-3H3,(H,30,31)/t18-,23-,24-,25-/m0/s1. The van der Waals surface area contributed by atoms with Gasteiger partial charge in [-0.1, -0.05) is 18.2 Å². The maximum absolute atomic E-state index is 5.41. The molecule has 4 aromatic rings. The van der Waals surface area contributed by atoms with Crippen LogP contribution in [-0.4, -0.2) is 28.7 Å². The normalized spacial score (nSPS) is 24.1. The number of hydrogen-bond donors (Lipinski definition) is 2. The average Bonchev–Trinajstić information content (AvgIpc) is 3.50. The van der Waals surface area contributed by atoms with Crippen molar-refractivity contribution in [3.8, 4) is 5.75 Å². The Labute approximate surface area is 195 Å². The fraction of sp³-hybridized carbons (Fsp3) is 0.393. The molecule has 4 atom stereocenters. The maximum Gasteiger partial charge on any atom is 0.127 e. The van der Waals surface area contributed by atoms with Crippen LogP contribution in [0.3, 0.4) is 0 Å². The van der Waals surface area contributed by atoms with Crippen molar-refractivity contribution in [3.63, 3.8) is 0 Å². The van der Waals surface area contributed by atoms with E-state index < -0.39 is 0 Å². The van der Waals surface area contributed by atoms with Crippen LogP contribution < -0.4 is 15.4 Å². The number of nitrogens with one attached hydrogen (secondary N) is 2. The summed E-state index contributed by atoms with van der Waals surface area (Å²) in [5.41, 5.74) is 4.93. The molecule has 0 aliphatic heterocycles. The van der Waals surface area contributed by atoms with E-state index in [9.17, 15) is 0 Å². The highest BCUT2D eigenvalue weighted by molar-refractivity contribution is 5.85. The maximum atomic E-state index is 5.41. The Morgan fingerprint density at radius 1 is 1.03 bits per heavy atom. The quantitative estimate of drug-likeness (QED) is 0.421. The van der Waals surface area contributed by atoms with E-state index in [2.05, 4.69) is 71.8 Å². The number of aromatic nitrogens is 2. The first kappa shape index (κ1) is 20.5. The Hall–Kier alpha value is -3.05. The van der Waals surface area contributed by atoms with Crippen LogP contribution in [0.1, 0.15) is 30.4 Å². The predicted octanol–water partition coefficient (Wildman–Crippen LogP) is 5.41. The zero-order chi connectivity index (χ0) is 22.5. The summed E-state index contributed by atoms with van der Waals surface area (Å²) in [4.78, 5) is 4.93. The monoisotopic (exact) mass is 440 g/mol. The van der Waals surface area contributed by atoms with Gasteiger partial charge in [-0.2, -0.15) is 0 Å². The second-order valence-electron chi connectivity index (χ2n) is 9.97. The van der Waals surface area contributed by atoms with Crippen molar-refractivity contribution in [2.75, 3.05) is 12.4 Å². The molecule has 2 saturated carbocycles. The fourth-order valence-corrected chi connectivity index (χ4v) is 6.33. The van der Waals surface area contributed by atoms with Crippen molar-refractivity contribution in [1.82, 2.24) is 14.9 Å². The largest absolute Gasteiger partial charge is 0.497 e. The van der Waals surface area contributed by atoms with E-state index in [4.69, 9.17) is 9.72 Å². The van der Waals surface area contributed by atoms with Crippen molar-refractivity contribution in [3.05, 3.63) is 65.9 Å². The molecule has 2 aromatic heterocycles. The van der Waals surface area contributed by atoms with Gasteiger partial charge in [0.1, 0.15) is 11.6 Å². The molecule has 0 unspecified atom stereocenters. The number of fused-ring (bicyclic) bond motifs is 4. The molecule has 6 rings (SSSR count). The lowest BCUT2D eigenvalue weighted by molar-refractivity contribution is 0.327. The lowest BCUT2D eigenvalue weighted by atomic mass is 9.90. The number of aryl methyl sites for hydroxylation is 2. The van der Waals surface area contributed by atoms with E-state index >= 15 is 0 Å². The number of anilines is 1. The molecule has 2 heterocycles. The van der Waals surface area contributed by atoms with Crippen LogP contribution in [0.5, 0.6) is 5.75 Å². The van der Waals surface area contributed by atoms with Gasteiger partial charge in [-0.25, -0.2) is 4.98 Å². The van der Waals surface area contributed by atoms with Crippen molar-refractivity contribution in [2.24, 2.45) is 18.9 Å². The minimum Gasteiger partial charge on any atom is -0.497 e. The Balaban J connectivity index is 1.18. The van der Waals surface area contributed by atoms with Crippen LogP contribution >= 0.6 is 0 Å². The van der Waals surface area contributed by atoms with Crippen molar-refractivity contribution in [2.45, 2.75) is 44.8 Å². The number of hydrogen-bond acceptors (Lipinski definition) is 4. The van der Waals surface area contributed by atoms with Gasteiger partial charge in [0.25, 0.3) is 0 Å². The van der Waals surface area contributed by atoms with Gasteiger partial charge < -0.3 is 19.9 Å². The van der Waals surface area contributed by atoms with Crippen LogP contribution in [-0.2, 0) is 13.6 Å². The summed E-state index contributed by atoms with van der Waals surface area (Å²) in [5.74, 6) is 3.29. The third-order valence-electron chi connectivity index (χ3n) is 7.91. The summed E-state index contributed by atoms with van der Waals surface area (Å²) < 4.78 is 7.65. The lowest BCUT2D eigenvalue weighted by Gasteiger charge is -2.31. The molecule has 5 nitrogen and oxygen atoms in total. The number of benzene rings is 2. The summed E-state index contributed by atoms with van der Waals surface area (Å²) in [6.45, 7) is 3.09. The summed E-state index contributed by atoms with van der Waals surface area (Å²) in [7, 11) is 3.84. The number of pyridine rings is 1. The van der Waals surface area contributed by atoms with Gasteiger partial charge in [0, 0.05) is 54.2 Å². The molecule has 0 saturated heterocycles. The van der Waals surface area contributed by atoms with Crippen molar-refractivity contribution < 1.29 is 4.74 Å². The molecule has 33 heavy (non-hydrogen) atoms. The molecule has 0 radical (unpaired) electrons. The fourth-order valence-electron chi connectivity index (χ4n) is 6.33. The first-order chi connectivity index (χ1) is 16.1. The van der Waals surface area contributed by atoms with E-state index in [-0.39, 0.29) is 0 Å². The highest BCUT2D eigenvalue weighted by Crippen LogP contribution is 2.46. The van der Waals surface area contributed by atoms with Crippen LogP contribution in [0.15, 0.2) is 54.7 Å². The van der Waals surface area contributed by atoms with Gasteiger partial charge in [0.05, 0.1) is 12.6 Å². The number of rotatable bonds is 6. The van der Waals surface area contributed by atoms with Gasteiger partial charge in [-0.15, -0.1) is 0 Å². The van der Waals surface area contributed by atoms with E-state index in [0.717, 1.165) is 29.5 Å². The predicted molar refractivity (Wildman–Crippen MR) is 135 cm³/mol. The molecule has 170 valence electrons. The highest BCUT2D eigenvalue weighted by Gasteiger charge is 2.46. The van der Waals surface area contributed by atoms with Gasteiger partial charge in [-0.3, -0.25) is 0 Å². The van der Waals surface area contributed by atoms with Crippen molar-refractivity contribution in [1.29, 1.82) is 0 Å². The van der Waals surface area contributed by atoms with Gasteiger partial charge in [0.15, 0.2) is 0 Å². The first-order valence-corrected chi connectivity index (χ1v) is 12.1. The smallest absolute Gasteiger partial charge is 0.127 e. The molecule has 0 amide bonds. The number of nitrogens with zero attached hydrogens (tertiary/aromatic N) is 2. The molecular formula is C28H32N4O. The van der Waals surface area contributed by atoms with Crippen LogP contribution in [0.25, 0.3) is 21.8 Å². The third kappa shape index (κ3) is 3.65. The summed E-state index contributed by atoms with van der Waals surface area (Å²) in [6, 6.07) is 18.1. The van der Waals surface area contributed by atoms with Gasteiger partial charge >= 0.3 is 0 Å². The SMILES string of the molecule is COc1ccc2c(C)cc(N[C@H]3C[C@H]4C[C@H]3[C@@H](NCc3cn(C)c5ccccc35)C4)nc2c1. The average molecular weight is 441 g/mol. The zero-order valence-corrected chi connectivity index (χ0v) is 19.6. The second-order valence-corrected chi connectivity index (χ2v) is 9.97. The molecule has 2 bridgehead atoms. The van der Waals surface area contributed by atoms with E-state index in [1.54, 1.807) is 7.11 Å². The Bertz CT molecular complexity index is 1330. The first-order valence-electron chi connectivity index (χ1n) is 12.1. The van der Waals surface area contributed by atoms with E-state index in [1.807, 2.05) is 12.1 Å². The Morgan fingerprint density at radius 2 is 1.88 bits per heavy atom. The van der Waals surface area contributed by atoms with Crippen LogP contribution in [0, 0.1) is 18.8 Å². The van der Waals surface area contributed by atoms with Gasteiger partial charge in [-0.05, 0) is 73.4 Å². The summed E-state index contributed by atoms with van der Waals surface area (Å²) in [6.07, 6.45) is 6.12. The molecular weight excluding hydrogens is 408 g/mol. The minimum atomic E-state index is 0.476. The molecule has 2 aromatic carbocycles. The van der Waals surface area contributed by atoms with Gasteiger partial charge in [0.2, 0.25) is 0 Å². The number of methoxy groups -OCH3 is 1. The summed E-state index contributed by atoms with van der Waals surface area (Å²) in [5, 5.41) is 10.3. The zero-order valence-electron chi connectivity index (χ0n) is 19.6. The Morgan fingerprint density at radius 3 is 2.73 bits per heavy atom. The molecule has 2 fully saturated rings. The minimum absolute atomic E-state index is 0.476. The summed E-state index contributed by atoms with van der Waals surface area (Å²) >= 11 is 0. The Kier molecular flexibility index (Phi) is 5.02. The molecule has 2 aliphatic carbocycles. The molecule has 2 aliphatic rings. The number of ether oxygens (including phenoxy) is 1. The van der Waals surface area contributed by atoms with Crippen LogP contribution in [0.4, 0.5) is 5.82 Å². The molecule has 2 N–H and O–H groups in total. The topological polar surface area (TPSA) is 51.1 Å². The van der Waals surface area contributed by atoms with Crippen molar-refractivity contribution >= 4 is 27.6 Å². The van der Waals surface area contributed by atoms with E-state index in [0.29, 0.717) is 18.0 Å². The lowest BCUT2D eigenvalue weighted by Crippen LogP contribution is -2.42. The molecule has 5 heteroatoms. The highest BCUT2D eigenvalue weighted by atomic mass is 16.5. The second kappa shape index (κ2) is 8.07. The third-order valence-corrected chi connectivity index (χ3v) is 7.91. The van der Waals surface area contributed by atoms with E-state index in [1.165, 1.54) is 46.7 Å². The number of para-hydroxylation sites is 1. The van der Waals surface area contributed by atoms with Crippen LogP contribution in [0.2, 0.25) is 0 Å².